The predicted molar refractivity (Wildman–Crippen MR) is 85.1 cm³/mol. The highest BCUT2D eigenvalue weighted by Gasteiger charge is 2.31. The maximum Gasteiger partial charge on any atom is 0.0354 e. The molecule has 0 spiro atoms. The Kier molecular flexibility index (Phi) is 4.13. The molecule has 0 saturated heterocycles. The third kappa shape index (κ3) is 2.64. The van der Waals surface area contributed by atoms with E-state index in [2.05, 4.69) is 49.4 Å². The van der Waals surface area contributed by atoms with Crippen LogP contribution in [0.25, 0.3) is 0 Å². The summed E-state index contributed by atoms with van der Waals surface area (Å²) < 4.78 is 0. The zero-order valence-corrected chi connectivity index (χ0v) is 13.2. The molecule has 1 N–H and O–H groups in total. The van der Waals surface area contributed by atoms with Crippen molar-refractivity contribution >= 4 is 0 Å². The molecule has 1 saturated carbocycles. The van der Waals surface area contributed by atoms with E-state index < -0.39 is 0 Å². The largest absolute Gasteiger partial charge is 0.317 e. The van der Waals surface area contributed by atoms with Crippen LogP contribution in [0.3, 0.4) is 0 Å². The molecule has 110 valence electrons. The summed E-state index contributed by atoms with van der Waals surface area (Å²) in [5.74, 6) is 0. The molecule has 2 heteroatoms. The number of nitrogens with zero attached hydrogens (tertiary/aromatic N) is 1. The molecule has 0 bridgehead atoms. The topological polar surface area (TPSA) is 15.3 Å². The van der Waals surface area contributed by atoms with Crippen molar-refractivity contribution in [1.82, 2.24) is 10.2 Å². The van der Waals surface area contributed by atoms with Crippen LogP contribution in [0.1, 0.15) is 54.8 Å². The van der Waals surface area contributed by atoms with Crippen LogP contribution in [-0.2, 0) is 6.42 Å². The van der Waals surface area contributed by atoms with Gasteiger partial charge in [0.05, 0.1) is 0 Å². The first-order valence-corrected chi connectivity index (χ1v) is 8.17. The van der Waals surface area contributed by atoms with E-state index in [9.17, 15) is 0 Å². The van der Waals surface area contributed by atoms with E-state index >= 15 is 0 Å². The van der Waals surface area contributed by atoms with Gasteiger partial charge in [-0.25, -0.2) is 0 Å². The Morgan fingerprint density at radius 1 is 1.10 bits per heavy atom. The number of aryl methyl sites for hydroxylation is 2. The summed E-state index contributed by atoms with van der Waals surface area (Å²) in [6, 6.07) is 9.20. The lowest BCUT2D eigenvalue weighted by Crippen LogP contribution is -2.41. The maximum absolute atomic E-state index is 3.44. The molecular weight excluding hydrogens is 244 g/mol. The molecule has 0 radical (unpaired) electrons. The van der Waals surface area contributed by atoms with Crippen molar-refractivity contribution in [3.63, 3.8) is 0 Å². The Bertz CT molecular complexity index is 460. The Balaban J connectivity index is 1.70. The molecule has 2 aliphatic rings. The molecule has 1 unspecified atom stereocenters. The minimum atomic E-state index is 0.654. The fourth-order valence-corrected chi connectivity index (χ4v) is 4.15. The van der Waals surface area contributed by atoms with Crippen LogP contribution >= 0.6 is 0 Å². The SMILES string of the molecule is CNC1CCC(N(C)C2CCc3ccc(C)cc32)CC1. The van der Waals surface area contributed by atoms with Gasteiger partial charge in [-0.1, -0.05) is 23.8 Å². The van der Waals surface area contributed by atoms with Crippen LogP contribution in [0.2, 0.25) is 0 Å². The Hall–Kier alpha value is -0.860. The molecule has 3 rings (SSSR count). The molecule has 2 nitrogen and oxygen atoms in total. The minimum absolute atomic E-state index is 0.654. The third-order valence-electron chi connectivity index (χ3n) is 5.52. The van der Waals surface area contributed by atoms with Crippen molar-refractivity contribution in [3.05, 3.63) is 34.9 Å². The molecule has 0 amide bonds. The normalized spacial score (nSPS) is 29.7. The van der Waals surface area contributed by atoms with Gasteiger partial charge in [-0.05, 0) is 70.7 Å². The average molecular weight is 272 g/mol. The highest BCUT2D eigenvalue weighted by atomic mass is 15.2. The average Bonchev–Trinajstić information content (AvgIpc) is 2.89. The Morgan fingerprint density at radius 3 is 2.55 bits per heavy atom. The smallest absolute Gasteiger partial charge is 0.0354 e. The van der Waals surface area contributed by atoms with Crippen LogP contribution in [0.4, 0.5) is 0 Å². The van der Waals surface area contributed by atoms with Crippen molar-refractivity contribution < 1.29 is 0 Å². The van der Waals surface area contributed by atoms with E-state index in [1.165, 1.54) is 44.1 Å². The van der Waals surface area contributed by atoms with E-state index in [4.69, 9.17) is 0 Å². The lowest BCUT2D eigenvalue weighted by atomic mass is 9.89. The summed E-state index contributed by atoms with van der Waals surface area (Å²) in [7, 11) is 4.46. The molecular formula is C18H28N2. The van der Waals surface area contributed by atoms with E-state index in [0.717, 1.165) is 12.1 Å². The first-order valence-electron chi connectivity index (χ1n) is 8.17. The van der Waals surface area contributed by atoms with Crippen molar-refractivity contribution in [1.29, 1.82) is 0 Å². The summed E-state index contributed by atoms with van der Waals surface area (Å²) in [5.41, 5.74) is 4.59. The van der Waals surface area contributed by atoms with Crippen LogP contribution < -0.4 is 5.32 Å². The van der Waals surface area contributed by atoms with Crippen LogP contribution in [-0.4, -0.2) is 31.1 Å². The number of rotatable bonds is 3. The fraction of sp³-hybridized carbons (Fsp3) is 0.667. The zero-order valence-electron chi connectivity index (χ0n) is 13.2. The van der Waals surface area contributed by atoms with Crippen molar-refractivity contribution in [2.45, 2.75) is 63.6 Å². The second-order valence-electron chi connectivity index (χ2n) is 6.72. The molecule has 1 aromatic carbocycles. The first-order chi connectivity index (χ1) is 9.69. The zero-order chi connectivity index (χ0) is 14.1. The first kappa shape index (κ1) is 14.1. The van der Waals surface area contributed by atoms with Gasteiger partial charge in [-0.15, -0.1) is 0 Å². The van der Waals surface area contributed by atoms with E-state index in [-0.39, 0.29) is 0 Å². The van der Waals surface area contributed by atoms with Crippen LogP contribution in [0, 0.1) is 6.92 Å². The number of hydrogen-bond donors (Lipinski definition) is 1. The quantitative estimate of drug-likeness (QED) is 0.906. The molecule has 20 heavy (non-hydrogen) atoms. The molecule has 1 aromatic rings. The van der Waals surface area contributed by atoms with Crippen molar-refractivity contribution in [2.24, 2.45) is 0 Å². The fourth-order valence-electron chi connectivity index (χ4n) is 4.15. The van der Waals surface area contributed by atoms with Gasteiger partial charge in [0.1, 0.15) is 0 Å². The van der Waals surface area contributed by atoms with Gasteiger partial charge >= 0.3 is 0 Å². The monoisotopic (exact) mass is 272 g/mol. The highest BCUT2D eigenvalue weighted by Crippen LogP contribution is 2.38. The highest BCUT2D eigenvalue weighted by molar-refractivity contribution is 5.37. The molecule has 1 atom stereocenters. The third-order valence-corrected chi connectivity index (χ3v) is 5.52. The molecule has 1 fully saturated rings. The standard InChI is InChI=1S/C18H28N2/c1-13-4-5-14-6-11-18(17(14)12-13)20(3)16-9-7-15(19-2)8-10-16/h4-5,12,15-16,18-19H,6-11H2,1-3H3. The summed E-state index contributed by atoms with van der Waals surface area (Å²) >= 11 is 0. The molecule has 0 heterocycles. The Labute approximate surface area is 123 Å². The molecule has 0 aromatic heterocycles. The number of hydrogen-bond acceptors (Lipinski definition) is 2. The van der Waals surface area contributed by atoms with Gasteiger partial charge in [0.25, 0.3) is 0 Å². The second-order valence-corrected chi connectivity index (χ2v) is 6.72. The summed E-state index contributed by atoms with van der Waals surface area (Å²) in [6.45, 7) is 2.22. The maximum atomic E-state index is 3.44. The molecule has 2 aliphatic carbocycles. The van der Waals surface area contributed by atoms with E-state index in [1.54, 1.807) is 11.1 Å². The Morgan fingerprint density at radius 2 is 1.85 bits per heavy atom. The minimum Gasteiger partial charge on any atom is -0.317 e. The second kappa shape index (κ2) is 5.87. The van der Waals surface area contributed by atoms with Gasteiger partial charge in [0.15, 0.2) is 0 Å². The summed E-state index contributed by atoms with van der Waals surface area (Å²) in [4.78, 5) is 2.68. The van der Waals surface area contributed by atoms with E-state index in [1.807, 2.05) is 0 Å². The van der Waals surface area contributed by atoms with Gasteiger partial charge in [0, 0.05) is 18.1 Å². The molecule has 0 aliphatic heterocycles. The summed E-state index contributed by atoms with van der Waals surface area (Å²) in [5, 5.41) is 3.44. The number of benzene rings is 1. The predicted octanol–water partition coefficient (Wildman–Crippen LogP) is 3.44. The lowest BCUT2D eigenvalue weighted by Gasteiger charge is -2.38. The van der Waals surface area contributed by atoms with Gasteiger partial charge < -0.3 is 5.32 Å². The van der Waals surface area contributed by atoms with Crippen molar-refractivity contribution in [2.75, 3.05) is 14.1 Å². The van der Waals surface area contributed by atoms with Crippen molar-refractivity contribution in [3.8, 4) is 0 Å². The van der Waals surface area contributed by atoms with Gasteiger partial charge in [-0.3, -0.25) is 4.90 Å². The summed E-state index contributed by atoms with van der Waals surface area (Å²) in [6.07, 6.45) is 7.93. The van der Waals surface area contributed by atoms with Gasteiger partial charge in [0.2, 0.25) is 0 Å². The lowest BCUT2D eigenvalue weighted by molar-refractivity contribution is 0.127. The van der Waals surface area contributed by atoms with Gasteiger partial charge in [-0.2, -0.15) is 0 Å². The number of nitrogens with one attached hydrogen (secondary N) is 1. The van der Waals surface area contributed by atoms with Crippen LogP contribution in [0.15, 0.2) is 18.2 Å². The van der Waals surface area contributed by atoms with E-state index in [0.29, 0.717) is 6.04 Å². The van der Waals surface area contributed by atoms with Crippen LogP contribution in [0.5, 0.6) is 0 Å². The number of fused-ring (bicyclic) bond motifs is 1.